The summed E-state index contributed by atoms with van der Waals surface area (Å²) in [6, 6.07) is 7.66. The summed E-state index contributed by atoms with van der Waals surface area (Å²) in [5.41, 5.74) is 0.458. The first-order valence-corrected chi connectivity index (χ1v) is 10.6. The van der Waals surface area contributed by atoms with Gasteiger partial charge in [-0.25, -0.2) is 4.79 Å². The van der Waals surface area contributed by atoms with Crippen molar-refractivity contribution in [2.24, 2.45) is 0 Å². The van der Waals surface area contributed by atoms with E-state index >= 15 is 0 Å². The van der Waals surface area contributed by atoms with Crippen molar-refractivity contribution in [3.8, 4) is 0 Å². The molecule has 0 heterocycles. The van der Waals surface area contributed by atoms with Crippen LogP contribution in [0.15, 0.2) is 30.3 Å². The second kappa shape index (κ2) is 10.6. The van der Waals surface area contributed by atoms with Crippen LogP contribution in [-0.2, 0) is 25.5 Å². The molecule has 0 unspecified atom stereocenters. The average molecular weight is 419 g/mol. The highest BCUT2D eigenvalue weighted by Crippen LogP contribution is 2.28. The van der Waals surface area contributed by atoms with Crippen LogP contribution >= 0.6 is 0 Å². The molecule has 0 aromatic heterocycles. The number of carbonyl (C=O) groups is 3. The molecule has 0 radical (unpaired) electrons. The van der Waals surface area contributed by atoms with Crippen molar-refractivity contribution < 1.29 is 24.2 Å². The second-order valence-electron chi connectivity index (χ2n) is 8.96. The highest BCUT2D eigenvalue weighted by atomic mass is 16.5. The monoisotopic (exact) mass is 418 g/mol. The molecule has 0 saturated heterocycles. The van der Waals surface area contributed by atoms with Gasteiger partial charge in [-0.05, 0) is 39.2 Å². The third-order valence-corrected chi connectivity index (χ3v) is 5.34. The van der Waals surface area contributed by atoms with E-state index in [1.54, 1.807) is 4.90 Å². The maximum atomic E-state index is 13.7. The zero-order chi connectivity index (χ0) is 22.3. The van der Waals surface area contributed by atoms with Crippen LogP contribution in [0.5, 0.6) is 0 Å². The fraction of sp³-hybridized carbons (Fsp3) is 0.609. The number of rotatable bonds is 9. The van der Waals surface area contributed by atoms with Gasteiger partial charge in [0.05, 0.1) is 19.6 Å². The number of methoxy groups -OCH3 is 1. The van der Waals surface area contributed by atoms with Crippen LogP contribution in [0.25, 0.3) is 0 Å². The van der Waals surface area contributed by atoms with Crippen molar-refractivity contribution in [2.75, 3.05) is 7.11 Å². The van der Waals surface area contributed by atoms with E-state index in [0.717, 1.165) is 31.2 Å². The molecule has 0 aliphatic heterocycles. The van der Waals surface area contributed by atoms with Gasteiger partial charge in [-0.2, -0.15) is 0 Å². The minimum Gasteiger partial charge on any atom is -0.481 e. The molecule has 1 aromatic rings. The number of hydrogen-bond acceptors (Lipinski definition) is 5. The molecular formula is C23H34N2O5. The average Bonchev–Trinajstić information content (AvgIpc) is 3.20. The van der Waals surface area contributed by atoms with Gasteiger partial charge in [0.1, 0.15) is 6.04 Å². The Labute approximate surface area is 178 Å². The Bertz CT molecular complexity index is 723. The summed E-state index contributed by atoms with van der Waals surface area (Å²) in [5.74, 6) is -1.90. The Morgan fingerprint density at radius 1 is 1.17 bits per heavy atom. The minimum atomic E-state index is -1.06. The van der Waals surface area contributed by atoms with Gasteiger partial charge in [-0.15, -0.1) is 0 Å². The maximum Gasteiger partial charge on any atom is 0.328 e. The van der Waals surface area contributed by atoms with Crippen LogP contribution in [0.1, 0.15) is 58.4 Å². The smallest absolute Gasteiger partial charge is 0.328 e. The van der Waals surface area contributed by atoms with E-state index in [2.05, 4.69) is 5.32 Å². The molecule has 2 atom stereocenters. The standard InChI is InChI=1S/C23H34N2O5/c1-23(2,3)24-18(15-20(26)27)21(28)25(17-12-8-9-13-17)19(22(29)30-4)14-16-10-6-5-7-11-16/h5-7,10-11,17-19,24H,8-9,12-15H2,1-4H3,(H,26,27)/t18-,19-/m0/s1. The summed E-state index contributed by atoms with van der Waals surface area (Å²) >= 11 is 0. The minimum absolute atomic E-state index is 0.108. The summed E-state index contributed by atoms with van der Waals surface area (Å²) in [6.45, 7) is 5.66. The third kappa shape index (κ3) is 6.83. The first-order chi connectivity index (χ1) is 14.1. The molecule has 7 nitrogen and oxygen atoms in total. The molecule has 2 rings (SSSR count). The van der Waals surface area contributed by atoms with Gasteiger partial charge < -0.3 is 20.1 Å². The highest BCUT2D eigenvalue weighted by molar-refractivity contribution is 5.90. The molecule has 1 aliphatic carbocycles. The number of hydrogen-bond donors (Lipinski definition) is 2. The van der Waals surface area contributed by atoms with E-state index < -0.39 is 29.6 Å². The fourth-order valence-electron chi connectivity index (χ4n) is 4.12. The number of esters is 1. The van der Waals surface area contributed by atoms with Gasteiger partial charge >= 0.3 is 11.9 Å². The van der Waals surface area contributed by atoms with Crippen LogP contribution in [0, 0.1) is 0 Å². The lowest BCUT2D eigenvalue weighted by atomic mass is 9.98. The van der Waals surface area contributed by atoms with E-state index in [4.69, 9.17) is 4.74 Å². The molecule has 1 fully saturated rings. The van der Waals surface area contributed by atoms with Crippen LogP contribution < -0.4 is 5.32 Å². The van der Waals surface area contributed by atoms with Gasteiger partial charge in [-0.1, -0.05) is 43.2 Å². The zero-order valence-corrected chi connectivity index (χ0v) is 18.4. The number of carboxylic acids is 1. The third-order valence-electron chi connectivity index (χ3n) is 5.34. The zero-order valence-electron chi connectivity index (χ0n) is 18.4. The Morgan fingerprint density at radius 3 is 2.27 bits per heavy atom. The number of amides is 1. The molecule has 0 spiro atoms. The Morgan fingerprint density at radius 2 is 1.77 bits per heavy atom. The van der Waals surface area contributed by atoms with Crippen LogP contribution in [-0.4, -0.2) is 58.6 Å². The topological polar surface area (TPSA) is 95.9 Å². The lowest BCUT2D eigenvalue weighted by molar-refractivity contribution is -0.156. The normalized spacial score (nSPS) is 16.7. The number of ether oxygens (including phenoxy) is 1. The van der Waals surface area contributed by atoms with Crippen LogP contribution in [0.4, 0.5) is 0 Å². The first kappa shape index (κ1) is 23.9. The first-order valence-electron chi connectivity index (χ1n) is 10.6. The second-order valence-corrected chi connectivity index (χ2v) is 8.96. The van der Waals surface area contributed by atoms with Crippen molar-refractivity contribution in [1.82, 2.24) is 10.2 Å². The van der Waals surface area contributed by atoms with Gasteiger partial charge in [-0.3, -0.25) is 9.59 Å². The maximum absolute atomic E-state index is 13.7. The molecule has 1 saturated carbocycles. The molecule has 1 aromatic carbocycles. The SMILES string of the molecule is COC(=O)[C@H](Cc1ccccc1)N(C(=O)[C@H](CC(=O)O)NC(C)(C)C)C1CCCC1. The predicted octanol–water partition coefficient (Wildman–Crippen LogP) is 2.77. The van der Waals surface area contributed by atoms with E-state index in [-0.39, 0.29) is 18.4 Å². The molecule has 7 heteroatoms. The van der Waals surface area contributed by atoms with Gasteiger partial charge in [0, 0.05) is 18.0 Å². The molecule has 0 bridgehead atoms. The highest BCUT2D eigenvalue weighted by Gasteiger charge is 2.41. The number of aliphatic carboxylic acids is 1. The van der Waals surface area contributed by atoms with Gasteiger partial charge in [0.25, 0.3) is 0 Å². The van der Waals surface area contributed by atoms with Crippen molar-refractivity contribution in [3.05, 3.63) is 35.9 Å². The fourth-order valence-corrected chi connectivity index (χ4v) is 4.12. The molecule has 1 aliphatic rings. The number of nitrogens with one attached hydrogen (secondary N) is 1. The summed E-state index contributed by atoms with van der Waals surface area (Å²) in [4.78, 5) is 39.6. The lowest BCUT2D eigenvalue weighted by Crippen LogP contribution is -2.59. The Hall–Kier alpha value is -2.41. The summed E-state index contributed by atoms with van der Waals surface area (Å²) in [5, 5.41) is 12.5. The molecular weight excluding hydrogens is 384 g/mol. The van der Waals surface area contributed by atoms with Gasteiger partial charge in [0.2, 0.25) is 5.91 Å². The molecule has 1 amide bonds. The summed E-state index contributed by atoms with van der Waals surface area (Å²) in [7, 11) is 1.32. The lowest BCUT2D eigenvalue weighted by Gasteiger charge is -2.39. The van der Waals surface area contributed by atoms with Crippen molar-refractivity contribution >= 4 is 17.8 Å². The van der Waals surface area contributed by atoms with E-state index in [9.17, 15) is 19.5 Å². The van der Waals surface area contributed by atoms with E-state index in [0.29, 0.717) is 6.42 Å². The van der Waals surface area contributed by atoms with Crippen LogP contribution in [0.2, 0.25) is 0 Å². The number of carbonyl (C=O) groups excluding carboxylic acids is 2. The molecule has 166 valence electrons. The van der Waals surface area contributed by atoms with E-state index in [1.165, 1.54) is 7.11 Å². The summed E-state index contributed by atoms with van der Waals surface area (Å²) < 4.78 is 5.07. The predicted molar refractivity (Wildman–Crippen MR) is 114 cm³/mol. The van der Waals surface area contributed by atoms with Crippen molar-refractivity contribution in [1.29, 1.82) is 0 Å². The van der Waals surface area contributed by atoms with Crippen LogP contribution in [0.3, 0.4) is 0 Å². The van der Waals surface area contributed by atoms with Crippen molar-refractivity contribution in [3.63, 3.8) is 0 Å². The quantitative estimate of drug-likeness (QED) is 0.599. The number of benzene rings is 1. The van der Waals surface area contributed by atoms with Crippen molar-refractivity contribution in [2.45, 2.75) is 83.0 Å². The summed E-state index contributed by atoms with van der Waals surface area (Å²) in [6.07, 6.45) is 3.52. The Kier molecular flexibility index (Phi) is 8.41. The number of nitrogens with zero attached hydrogens (tertiary/aromatic N) is 1. The number of carboxylic acid groups (broad SMARTS) is 1. The molecule has 2 N–H and O–H groups in total. The molecule has 30 heavy (non-hydrogen) atoms. The van der Waals surface area contributed by atoms with Gasteiger partial charge in [0.15, 0.2) is 0 Å². The van der Waals surface area contributed by atoms with E-state index in [1.807, 2.05) is 51.1 Å². The Balaban J connectivity index is 2.42. The largest absolute Gasteiger partial charge is 0.481 e.